The lowest BCUT2D eigenvalue weighted by Gasteiger charge is -2.34. The topological polar surface area (TPSA) is 116 Å². The molecule has 0 saturated carbocycles. The van der Waals surface area contributed by atoms with Crippen LogP contribution in [-0.2, 0) is 0 Å². The predicted molar refractivity (Wildman–Crippen MR) is 169 cm³/mol. The highest BCUT2D eigenvalue weighted by Crippen LogP contribution is 2.30. The highest BCUT2D eigenvalue weighted by Gasteiger charge is 2.23. The van der Waals surface area contributed by atoms with E-state index in [9.17, 15) is 9.59 Å². The van der Waals surface area contributed by atoms with Gasteiger partial charge in [-0.2, -0.15) is 0 Å². The first-order valence-corrected chi connectivity index (χ1v) is 14.4. The van der Waals surface area contributed by atoms with Crippen LogP contribution in [0.3, 0.4) is 0 Å². The minimum absolute atomic E-state index is 0.141. The molecule has 210 valence electrons. The Kier molecular flexibility index (Phi) is 7.78. The van der Waals surface area contributed by atoms with Gasteiger partial charge in [0.2, 0.25) is 5.95 Å². The van der Waals surface area contributed by atoms with Crippen molar-refractivity contribution in [2.45, 2.75) is 0 Å². The van der Waals surface area contributed by atoms with Gasteiger partial charge in [0.25, 0.3) is 5.91 Å². The van der Waals surface area contributed by atoms with Crippen molar-refractivity contribution in [2.24, 2.45) is 0 Å². The Labute approximate surface area is 247 Å². The zero-order chi connectivity index (χ0) is 28.9. The van der Waals surface area contributed by atoms with E-state index in [1.54, 1.807) is 22.3 Å². The van der Waals surface area contributed by atoms with Gasteiger partial charge in [-0.05, 0) is 52.4 Å². The summed E-state index contributed by atoms with van der Waals surface area (Å²) in [7, 11) is 0. The molecule has 0 unspecified atom stereocenters. The first kappa shape index (κ1) is 27.0. The van der Waals surface area contributed by atoms with Crippen LogP contribution in [0.15, 0.2) is 103 Å². The zero-order valence-electron chi connectivity index (χ0n) is 22.7. The normalized spacial score (nSPS) is 13.0. The van der Waals surface area contributed by atoms with Crippen molar-refractivity contribution in [3.05, 3.63) is 108 Å². The van der Waals surface area contributed by atoms with Crippen LogP contribution in [0.5, 0.6) is 0 Å². The number of nitrogen functional groups attached to an aromatic ring is 1. The number of nitrogens with two attached hydrogens (primary N) is 1. The second-order valence-corrected chi connectivity index (χ2v) is 10.8. The van der Waals surface area contributed by atoms with E-state index in [-0.39, 0.29) is 11.9 Å². The van der Waals surface area contributed by atoms with E-state index in [0.717, 1.165) is 27.3 Å². The zero-order valence-corrected chi connectivity index (χ0v) is 23.6. The monoisotopic (exact) mass is 575 g/mol. The molecule has 3 amide bonds. The first-order valence-electron chi connectivity index (χ1n) is 13.6. The van der Waals surface area contributed by atoms with Crippen molar-refractivity contribution >= 4 is 46.3 Å². The smallest absolute Gasteiger partial charge is 0.321 e. The van der Waals surface area contributed by atoms with Crippen molar-refractivity contribution in [1.82, 2.24) is 14.9 Å². The van der Waals surface area contributed by atoms with Gasteiger partial charge in [0.1, 0.15) is 0 Å². The second-order valence-electron chi connectivity index (χ2n) is 9.85. The summed E-state index contributed by atoms with van der Waals surface area (Å²) < 4.78 is 0. The third-order valence-corrected chi connectivity index (χ3v) is 8.02. The average Bonchev–Trinajstić information content (AvgIpc) is 3.58. The van der Waals surface area contributed by atoms with Gasteiger partial charge < -0.3 is 26.2 Å². The number of anilines is 4. The number of hydrogen-bond acceptors (Lipinski definition) is 7. The molecule has 0 spiro atoms. The van der Waals surface area contributed by atoms with Crippen molar-refractivity contribution in [3.63, 3.8) is 0 Å². The van der Waals surface area contributed by atoms with E-state index < -0.39 is 0 Å². The molecule has 1 aliphatic heterocycles. The Balaban J connectivity index is 1.02. The number of carbonyl (C=O) groups excluding carboxylic acids is 2. The Morgan fingerprint density at radius 3 is 2.14 bits per heavy atom. The third kappa shape index (κ3) is 6.08. The highest BCUT2D eigenvalue weighted by molar-refractivity contribution is 7.13. The fraction of sp³-hybridized carbons (Fsp3) is 0.125. The molecule has 1 aliphatic rings. The quantitative estimate of drug-likeness (QED) is 0.212. The summed E-state index contributed by atoms with van der Waals surface area (Å²) in [6.07, 6.45) is 3.02. The van der Waals surface area contributed by atoms with Crippen LogP contribution in [0.4, 0.5) is 27.8 Å². The number of carbonyl (C=O) groups is 2. The molecule has 3 aromatic carbocycles. The number of rotatable bonds is 6. The standard InChI is InChI=1S/C32H29N7O2S/c33-27-13-10-24(29-7-4-18-42-29)19-28(27)37-30(40)25-20-34-31(35-21-25)38-14-16-39(17-15-38)32(41)36-26-11-8-23(9-12-26)22-5-2-1-3-6-22/h1-13,18-21H,14-17,33H2,(H,36,41)(H,37,40). The van der Waals surface area contributed by atoms with Crippen LogP contribution < -0.4 is 21.3 Å². The fourth-order valence-electron chi connectivity index (χ4n) is 4.75. The van der Waals surface area contributed by atoms with Crippen LogP contribution in [0.25, 0.3) is 21.6 Å². The molecule has 0 atom stereocenters. The van der Waals surface area contributed by atoms with Gasteiger partial charge in [-0.1, -0.05) is 54.6 Å². The van der Waals surface area contributed by atoms with E-state index in [1.165, 1.54) is 12.4 Å². The van der Waals surface area contributed by atoms with Crippen molar-refractivity contribution in [3.8, 4) is 21.6 Å². The van der Waals surface area contributed by atoms with E-state index in [2.05, 4.69) is 32.7 Å². The fourth-order valence-corrected chi connectivity index (χ4v) is 5.47. The molecule has 0 radical (unpaired) electrons. The number of urea groups is 1. The van der Waals surface area contributed by atoms with Crippen molar-refractivity contribution in [2.75, 3.05) is 47.4 Å². The van der Waals surface area contributed by atoms with Crippen molar-refractivity contribution in [1.29, 1.82) is 0 Å². The maximum atomic E-state index is 12.9. The molecule has 0 bridgehead atoms. The molecular weight excluding hydrogens is 546 g/mol. The number of piperazine rings is 1. The number of benzene rings is 3. The SMILES string of the molecule is Nc1ccc(-c2cccs2)cc1NC(=O)c1cnc(N2CCN(C(=O)Nc3ccc(-c4ccccc4)cc3)CC2)nc1. The van der Waals surface area contributed by atoms with E-state index >= 15 is 0 Å². The maximum absolute atomic E-state index is 12.9. The lowest BCUT2D eigenvalue weighted by molar-refractivity contribution is 0.102. The molecule has 6 rings (SSSR count). The molecule has 0 aliphatic carbocycles. The molecule has 9 nitrogen and oxygen atoms in total. The molecule has 1 saturated heterocycles. The van der Waals surface area contributed by atoms with Gasteiger partial charge in [-0.15, -0.1) is 11.3 Å². The van der Waals surface area contributed by atoms with Crippen LogP contribution >= 0.6 is 11.3 Å². The molecule has 42 heavy (non-hydrogen) atoms. The Bertz CT molecular complexity index is 1670. The maximum Gasteiger partial charge on any atom is 0.321 e. The number of amides is 3. The molecule has 1 fully saturated rings. The Hall–Kier alpha value is -5.22. The van der Waals surface area contributed by atoms with Crippen LogP contribution in [0.2, 0.25) is 0 Å². The Morgan fingerprint density at radius 1 is 0.762 bits per heavy atom. The van der Waals surface area contributed by atoms with Gasteiger partial charge in [-0.25, -0.2) is 14.8 Å². The molecule has 10 heteroatoms. The molecule has 3 heterocycles. The number of thiophene rings is 1. The van der Waals surface area contributed by atoms with Crippen molar-refractivity contribution < 1.29 is 9.59 Å². The summed E-state index contributed by atoms with van der Waals surface area (Å²) in [5.74, 6) is 0.178. The number of aromatic nitrogens is 2. The van der Waals surface area contributed by atoms with Crippen LogP contribution in [-0.4, -0.2) is 53.0 Å². The number of nitrogens with one attached hydrogen (secondary N) is 2. The van der Waals surface area contributed by atoms with Gasteiger partial charge in [0.15, 0.2) is 0 Å². The number of nitrogens with zero attached hydrogens (tertiary/aromatic N) is 4. The average molecular weight is 576 g/mol. The van der Waals surface area contributed by atoms with E-state index in [1.807, 2.05) is 77.0 Å². The molecular formula is C32H29N7O2S. The van der Waals surface area contributed by atoms with E-state index in [4.69, 9.17) is 5.73 Å². The van der Waals surface area contributed by atoms with E-state index in [0.29, 0.717) is 49.1 Å². The van der Waals surface area contributed by atoms with Gasteiger partial charge in [0.05, 0.1) is 16.9 Å². The van der Waals surface area contributed by atoms with Gasteiger partial charge in [0, 0.05) is 49.1 Å². The molecule has 5 aromatic rings. The molecule has 2 aromatic heterocycles. The Morgan fingerprint density at radius 2 is 1.45 bits per heavy atom. The largest absolute Gasteiger partial charge is 0.397 e. The summed E-state index contributed by atoms with van der Waals surface area (Å²) in [6.45, 7) is 2.22. The third-order valence-electron chi connectivity index (χ3n) is 7.10. The summed E-state index contributed by atoms with van der Waals surface area (Å²) in [5.41, 5.74) is 11.4. The van der Waals surface area contributed by atoms with Crippen LogP contribution in [0.1, 0.15) is 10.4 Å². The summed E-state index contributed by atoms with van der Waals surface area (Å²) in [5, 5.41) is 7.86. The van der Waals surface area contributed by atoms with Gasteiger partial charge >= 0.3 is 6.03 Å². The lowest BCUT2D eigenvalue weighted by atomic mass is 10.1. The highest BCUT2D eigenvalue weighted by atomic mass is 32.1. The summed E-state index contributed by atoms with van der Waals surface area (Å²) in [4.78, 5) is 39.5. The number of hydrogen-bond donors (Lipinski definition) is 3. The van der Waals surface area contributed by atoms with Gasteiger partial charge in [-0.3, -0.25) is 4.79 Å². The summed E-state index contributed by atoms with van der Waals surface area (Å²) >= 11 is 1.62. The predicted octanol–water partition coefficient (Wildman–Crippen LogP) is 6.06. The minimum atomic E-state index is -0.338. The van der Waals surface area contributed by atoms with Crippen LogP contribution in [0, 0.1) is 0 Å². The summed E-state index contributed by atoms with van der Waals surface area (Å²) in [6, 6.07) is 27.4. The lowest BCUT2D eigenvalue weighted by Crippen LogP contribution is -2.50. The second kappa shape index (κ2) is 12.1. The molecule has 4 N–H and O–H groups in total. The first-order chi connectivity index (χ1) is 20.5. The minimum Gasteiger partial charge on any atom is -0.397 e.